The zero-order chi connectivity index (χ0) is 12.0. The smallest absolute Gasteiger partial charge is 0.244 e. The molecule has 1 N–H and O–H groups in total. The molecule has 4 nitrogen and oxygen atoms in total. The average molecular weight is 226 g/mol. The van der Waals surface area contributed by atoms with Crippen molar-refractivity contribution in [2.24, 2.45) is 0 Å². The lowest BCUT2D eigenvalue weighted by Gasteiger charge is -2.29. The fourth-order valence-electron chi connectivity index (χ4n) is 1.76. The van der Waals surface area contributed by atoms with Crippen molar-refractivity contribution in [3.05, 3.63) is 11.6 Å². The van der Waals surface area contributed by atoms with Crippen LogP contribution in [0.1, 0.15) is 20.8 Å². The molecule has 0 bridgehead atoms. The van der Waals surface area contributed by atoms with Gasteiger partial charge in [0.25, 0.3) is 0 Å². The molecule has 92 valence electrons. The highest BCUT2D eigenvalue weighted by molar-refractivity contribution is 5.88. The monoisotopic (exact) mass is 226 g/mol. The molecule has 0 aromatic heterocycles. The lowest BCUT2D eigenvalue weighted by atomic mass is 10.2. The van der Waals surface area contributed by atoms with Crippen LogP contribution in [0.4, 0.5) is 0 Å². The second-order valence-electron chi connectivity index (χ2n) is 4.54. The summed E-state index contributed by atoms with van der Waals surface area (Å²) in [5.74, 6) is 0.000703. The Morgan fingerprint density at radius 1 is 1.44 bits per heavy atom. The molecule has 1 aliphatic rings. The van der Waals surface area contributed by atoms with Gasteiger partial charge >= 0.3 is 0 Å². The molecular weight excluding hydrogens is 204 g/mol. The van der Waals surface area contributed by atoms with E-state index in [1.807, 2.05) is 20.8 Å². The van der Waals surface area contributed by atoms with Crippen LogP contribution in [0, 0.1) is 0 Å². The fourth-order valence-corrected chi connectivity index (χ4v) is 1.76. The summed E-state index contributed by atoms with van der Waals surface area (Å²) < 4.78 is 5.28. The van der Waals surface area contributed by atoms with E-state index in [2.05, 4.69) is 10.2 Å². The minimum absolute atomic E-state index is 0.000703. The first kappa shape index (κ1) is 13.2. The van der Waals surface area contributed by atoms with E-state index in [0.717, 1.165) is 38.4 Å². The van der Waals surface area contributed by atoms with Crippen LogP contribution in [0.15, 0.2) is 11.6 Å². The van der Waals surface area contributed by atoms with Crippen LogP contribution in [0.25, 0.3) is 0 Å². The topological polar surface area (TPSA) is 41.6 Å². The van der Waals surface area contributed by atoms with Gasteiger partial charge in [-0.1, -0.05) is 5.57 Å². The van der Waals surface area contributed by atoms with Gasteiger partial charge in [-0.3, -0.25) is 9.69 Å². The molecule has 1 atom stereocenters. The minimum Gasteiger partial charge on any atom is -0.379 e. The third-order valence-corrected chi connectivity index (χ3v) is 2.44. The molecule has 1 heterocycles. The first-order chi connectivity index (χ1) is 7.58. The van der Waals surface area contributed by atoms with Gasteiger partial charge in [-0.05, 0) is 20.8 Å². The highest BCUT2D eigenvalue weighted by atomic mass is 16.5. The van der Waals surface area contributed by atoms with Gasteiger partial charge in [0.05, 0.1) is 13.2 Å². The lowest BCUT2D eigenvalue weighted by molar-refractivity contribution is -0.117. The van der Waals surface area contributed by atoms with Crippen LogP contribution >= 0.6 is 0 Å². The second kappa shape index (κ2) is 6.66. The summed E-state index contributed by atoms with van der Waals surface area (Å²) in [5, 5.41) is 2.96. The van der Waals surface area contributed by atoms with E-state index in [1.54, 1.807) is 6.08 Å². The Morgan fingerprint density at radius 3 is 2.62 bits per heavy atom. The SMILES string of the molecule is CC(C)=CC(=O)NC(C)CN1CCOCC1. The molecule has 0 radical (unpaired) electrons. The van der Waals surface area contributed by atoms with E-state index < -0.39 is 0 Å². The van der Waals surface area contributed by atoms with Gasteiger partial charge in [-0.15, -0.1) is 0 Å². The first-order valence-electron chi connectivity index (χ1n) is 5.83. The standard InChI is InChI=1S/C12H22N2O2/c1-10(2)8-12(15)13-11(3)9-14-4-6-16-7-5-14/h8,11H,4-7,9H2,1-3H3,(H,13,15). The van der Waals surface area contributed by atoms with Gasteiger partial charge < -0.3 is 10.1 Å². The molecule has 0 aliphatic carbocycles. The number of ether oxygens (including phenoxy) is 1. The number of allylic oxidation sites excluding steroid dienone is 1. The molecule has 1 aliphatic heterocycles. The number of hydrogen-bond acceptors (Lipinski definition) is 3. The molecule has 1 amide bonds. The van der Waals surface area contributed by atoms with E-state index in [1.165, 1.54) is 0 Å². The third-order valence-electron chi connectivity index (χ3n) is 2.44. The molecule has 1 rings (SSSR count). The molecule has 1 unspecified atom stereocenters. The summed E-state index contributed by atoms with van der Waals surface area (Å²) >= 11 is 0. The average Bonchev–Trinajstić information content (AvgIpc) is 2.17. The van der Waals surface area contributed by atoms with Crippen molar-refractivity contribution in [3.63, 3.8) is 0 Å². The maximum Gasteiger partial charge on any atom is 0.244 e. The van der Waals surface area contributed by atoms with Gasteiger partial charge in [0.1, 0.15) is 0 Å². The zero-order valence-electron chi connectivity index (χ0n) is 10.5. The van der Waals surface area contributed by atoms with Gasteiger partial charge in [0.15, 0.2) is 0 Å². The summed E-state index contributed by atoms with van der Waals surface area (Å²) in [4.78, 5) is 13.8. The number of hydrogen-bond donors (Lipinski definition) is 1. The summed E-state index contributed by atoms with van der Waals surface area (Å²) in [7, 11) is 0. The van der Waals surface area contributed by atoms with E-state index in [0.29, 0.717) is 0 Å². The molecule has 0 aromatic carbocycles. The van der Waals surface area contributed by atoms with Gasteiger partial charge in [0.2, 0.25) is 5.91 Å². The van der Waals surface area contributed by atoms with Crippen LogP contribution in [0.3, 0.4) is 0 Å². The maximum absolute atomic E-state index is 11.5. The fraction of sp³-hybridized carbons (Fsp3) is 0.750. The van der Waals surface area contributed by atoms with Crippen molar-refractivity contribution in [1.29, 1.82) is 0 Å². The van der Waals surface area contributed by atoms with Gasteiger partial charge in [-0.2, -0.15) is 0 Å². The largest absolute Gasteiger partial charge is 0.379 e. The highest BCUT2D eigenvalue weighted by Crippen LogP contribution is 1.98. The number of morpholine rings is 1. The Morgan fingerprint density at radius 2 is 2.06 bits per heavy atom. The van der Waals surface area contributed by atoms with Crippen molar-refractivity contribution in [1.82, 2.24) is 10.2 Å². The van der Waals surface area contributed by atoms with Crippen molar-refractivity contribution >= 4 is 5.91 Å². The number of nitrogens with one attached hydrogen (secondary N) is 1. The third kappa shape index (κ3) is 5.28. The molecule has 1 fully saturated rings. The van der Waals surface area contributed by atoms with Crippen LogP contribution in [0.2, 0.25) is 0 Å². The predicted molar refractivity (Wildman–Crippen MR) is 64.3 cm³/mol. The molecular formula is C12H22N2O2. The normalized spacial score (nSPS) is 18.9. The number of rotatable bonds is 4. The number of nitrogens with zero attached hydrogens (tertiary/aromatic N) is 1. The maximum atomic E-state index is 11.5. The number of carbonyl (C=O) groups excluding carboxylic acids is 1. The highest BCUT2D eigenvalue weighted by Gasteiger charge is 2.14. The van der Waals surface area contributed by atoms with Crippen molar-refractivity contribution < 1.29 is 9.53 Å². The quantitative estimate of drug-likeness (QED) is 0.721. The second-order valence-corrected chi connectivity index (χ2v) is 4.54. The molecule has 0 aromatic rings. The Labute approximate surface area is 97.6 Å². The zero-order valence-corrected chi connectivity index (χ0v) is 10.5. The van der Waals surface area contributed by atoms with Crippen LogP contribution in [-0.4, -0.2) is 49.7 Å². The van der Waals surface area contributed by atoms with E-state index in [4.69, 9.17) is 4.74 Å². The van der Waals surface area contributed by atoms with Crippen molar-refractivity contribution in [2.45, 2.75) is 26.8 Å². The van der Waals surface area contributed by atoms with Crippen molar-refractivity contribution in [3.8, 4) is 0 Å². The summed E-state index contributed by atoms with van der Waals surface area (Å²) in [6, 6.07) is 0.182. The molecule has 0 spiro atoms. The van der Waals surface area contributed by atoms with Crippen LogP contribution < -0.4 is 5.32 Å². The summed E-state index contributed by atoms with van der Waals surface area (Å²) in [6.07, 6.45) is 1.63. The molecule has 16 heavy (non-hydrogen) atoms. The molecule has 0 saturated carbocycles. The van der Waals surface area contributed by atoms with Gasteiger partial charge in [0, 0.05) is 31.8 Å². The molecule has 1 saturated heterocycles. The van der Waals surface area contributed by atoms with Gasteiger partial charge in [-0.25, -0.2) is 0 Å². The Balaban J connectivity index is 2.26. The van der Waals surface area contributed by atoms with E-state index in [9.17, 15) is 4.79 Å². The van der Waals surface area contributed by atoms with E-state index >= 15 is 0 Å². The summed E-state index contributed by atoms with van der Waals surface area (Å²) in [5.41, 5.74) is 1.02. The van der Waals surface area contributed by atoms with Crippen molar-refractivity contribution in [2.75, 3.05) is 32.8 Å². The number of amides is 1. The Kier molecular flexibility index (Phi) is 5.49. The first-order valence-corrected chi connectivity index (χ1v) is 5.83. The number of carbonyl (C=O) groups is 1. The van der Waals surface area contributed by atoms with E-state index in [-0.39, 0.29) is 11.9 Å². The minimum atomic E-state index is 0.000703. The summed E-state index contributed by atoms with van der Waals surface area (Å²) in [6.45, 7) is 10.3. The molecule has 4 heteroatoms. The predicted octanol–water partition coefficient (Wildman–Crippen LogP) is 0.789. The Bertz CT molecular complexity index is 254. The van der Waals surface area contributed by atoms with Crippen LogP contribution in [-0.2, 0) is 9.53 Å². The van der Waals surface area contributed by atoms with Crippen LogP contribution in [0.5, 0.6) is 0 Å². The Hall–Kier alpha value is -0.870. The lowest BCUT2D eigenvalue weighted by Crippen LogP contribution is -2.45.